The summed E-state index contributed by atoms with van der Waals surface area (Å²) in [6, 6.07) is 8.07. The van der Waals surface area contributed by atoms with Crippen LogP contribution in [0.25, 0.3) is 0 Å². The molecule has 1 aromatic heterocycles. The molecule has 1 heterocycles. The molecule has 0 aliphatic heterocycles. The minimum absolute atomic E-state index is 0.0264. The number of hydrazine groups is 1. The first-order valence-electron chi connectivity index (χ1n) is 6.76. The van der Waals surface area contributed by atoms with E-state index in [1.807, 2.05) is 13.8 Å². The van der Waals surface area contributed by atoms with Crippen LogP contribution in [0.15, 0.2) is 34.9 Å². The molecule has 0 atom stereocenters. The number of hydrogen-bond donors (Lipinski definition) is 2. The summed E-state index contributed by atoms with van der Waals surface area (Å²) in [4.78, 5) is 23.6. The van der Waals surface area contributed by atoms with Crippen molar-refractivity contribution in [2.75, 3.05) is 0 Å². The Labute approximate surface area is 127 Å². The van der Waals surface area contributed by atoms with Crippen LogP contribution in [-0.2, 0) is 0 Å². The highest BCUT2D eigenvalue weighted by molar-refractivity contribution is 5.97. The van der Waals surface area contributed by atoms with Crippen LogP contribution in [0.4, 0.5) is 0 Å². The molecule has 0 aliphatic carbocycles. The lowest BCUT2D eigenvalue weighted by Crippen LogP contribution is -2.41. The first-order chi connectivity index (χ1) is 10.5. The van der Waals surface area contributed by atoms with Gasteiger partial charge >= 0.3 is 5.91 Å². The van der Waals surface area contributed by atoms with Gasteiger partial charge in [-0.1, -0.05) is 5.16 Å². The lowest BCUT2D eigenvalue weighted by molar-refractivity contribution is 0.0825. The second-order valence-corrected chi connectivity index (χ2v) is 4.93. The monoisotopic (exact) mass is 303 g/mol. The summed E-state index contributed by atoms with van der Waals surface area (Å²) < 4.78 is 10.3. The number of nitrogens with zero attached hydrogens (tertiary/aromatic N) is 1. The maximum atomic E-state index is 11.9. The molecule has 0 saturated carbocycles. The fraction of sp³-hybridized carbons (Fsp3) is 0.267. The van der Waals surface area contributed by atoms with E-state index in [-0.39, 0.29) is 11.9 Å². The highest BCUT2D eigenvalue weighted by Gasteiger charge is 2.13. The van der Waals surface area contributed by atoms with Crippen LogP contribution < -0.4 is 15.6 Å². The van der Waals surface area contributed by atoms with E-state index in [0.717, 1.165) is 0 Å². The summed E-state index contributed by atoms with van der Waals surface area (Å²) in [5.41, 5.74) is 5.53. The maximum Gasteiger partial charge on any atom is 0.308 e. The number of amides is 2. The molecule has 0 radical (unpaired) electrons. The molecule has 22 heavy (non-hydrogen) atoms. The van der Waals surface area contributed by atoms with Gasteiger partial charge in [-0.2, -0.15) is 0 Å². The number of aryl methyl sites for hydroxylation is 1. The molecule has 2 N–H and O–H groups in total. The molecular weight excluding hydrogens is 286 g/mol. The van der Waals surface area contributed by atoms with Gasteiger partial charge in [0.05, 0.1) is 11.8 Å². The Morgan fingerprint density at radius 3 is 2.32 bits per heavy atom. The first-order valence-corrected chi connectivity index (χ1v) is 6.76. The largest absolute Gasteiger partial charge is 0.491 e. The summed E-state index contributed by atoms with van der Waals surface area (Å²) in [5.74, 6) is -0.319. The van der Waals surface area contributed by atoms with Crippen molar-refractivity contribution in [2.45, 2.75) is 26.9 Å². The normalized spacial score (nSPS) is 10.4. The molecule has 2 amide bonds. The van der Waals surface area contributed by atoms with E-state index < -0.39 is 11.8 Å². The molecule has 0 unspecified atom stereocenters. The van der Waals surface area contributed by atoms with Gasteiger partial charge in [0, 0.05) is 11.6 Å². The molecule has 0 aliphatic rings. The summed E-state index contributed by atoms with van der Waals surface area (Å²) in [6.45, 7) is 5.53. The molecule has 0 bridgehead atoms. The predicted octanol–water partition coefficient (Wildman–Crippen LogP) is 1.85. The Kier molecular flexibility index (Phi) is 4.77. The van der Waals surface area contributed by atoms with Crippen LogP contribution in [0, 0.1) is 6.92 Å². The van der Waals surface area contributed by atoms with Crippen LogP contribution in [0.1, 0.15) is 40.5 Å². The number of hydrogen-bond acceptors (Lipinski definition) is 5. The van der Waals surface area contributed by atoms with Gasteiger partial charge in [-0.05, 0) is 45.0 Å². The maximum absolute atomic E-state index is 11.9. The van der Waals surface area contributed by atoms with Crippen molar-refractivity contribution < 1.29 is 18.8 Å². The number of nitrogens with one attached hydrogen (secondary N) is 2. The van der Waals surface area contributed by atoms with Crippen molar-refractivity contribution in [1.29, 1.82) is 0 Å². The highest BCUT2D eigenvalue weighted by Crippen LogP contribution is 2.13. The third kappa shape index (κ3) is 4.08. The molecule has 2 rings (SSSR count). The van der Waals surface area contributed by atoms with Gasteiger partial charge in [0.1, 0.15) is 5.75 Å². The molecule has 1 aromatic carbocycles. The van der Waals surface area contributed by atoms with E-state index in [1.54, 1.807) is 31.2 Å². The first kappa shape index (κ1) is 15.6. The fourth-order valence-electron chi connectivity index (χ4n) is 1.67. The number of ether oxygens (including phenoxy) is 1. The predicted molar refractivity (Wildman–Crippen MR) is 78.4 cm³/mol. The molecule has 7 nitrogen and oxygen atoms in total. The van der Waals surface area contributed by atoms with Gasteiger partial charge in [-0.25, -0.2) is 0 Å². The zero-order valence-corrected chi connectivity index (χ0v) is 12.5. The third-order valence-electron chi connectivity index (χ3n) is 2.63. The van der Waals surface area contributed by atoms with Crippen molar-refractivity contribution >= 4 is 11.8 Å². The van der Waals surface area contributed by atoms with Gasteiger partial charge in [0.2, 0.25) is 5.76 Å². The number of carbonyl (C=O) groups is 2. The van der Waals surface area contributed by atoms with E-state index in [9.17, 15) is 9.59 Å². The lowest BCUT2D eigenvalue weighted by atomic mass is 10.2. The average molecular weight is 303 g/mol. The van der Waals surface area contributed by atoms with Crippen LogP contribution in [0.2, 0.25) is 0 Å². The van der Waals surface area contributed by atoms with E-state index in [1.165, 1.54) is 6.07 Å². The van der Waals surface area contributed by atoms with Crippen LogP contribution in [0.5, 0.6) is 5.75 Å². The molecule has 116 valence electrons. The second-order valence-electron chi connectivity index (χ2n) is 4.93. The number of benzene rings is 1. The summed E-state index contributed by atoms with van der Waals surface area (Å²) in [5, 5.41) is 3.59. The molecule has 2 aromatic rings. The van der Waals surface area contributed by atoms with Crippen LogP contribution >= 0.6 is 0 Å². The van der Waals surface area contributed by atoms with Crippen molar-refractivity contribution in [1.82, 2.24) is 16.0 Å². The molecule has 7 heteroatoms. The summed E-state index contributed by atoms with van der Waals surface area (Å²) in [7, 11) is 0. The Balaban J connectivity index is 1.90. The highest BCUT2D eigenvalue weighted by atomic mass is 16.5. The average Bonchev–Trinajstić information content (AvgIpc) is 2.91. The van der Waals surface area contributed by atoms with Crippen molar-refractivity contribution in [2.24, 2.45) is 0 Å². The smallest absolute Gasteiger partial charge is 0.308 e. The van der Waals surface area contributed by atoms with Crippen molar-refractivity contribution in [3.8, 4) is 5.75 Å². The Hall–Kier alpha value is -2.83. The van der Waals surface area contributed by atoms with Crippen molar-refractivity contribution in [3.05, 3.63) is 47.3 Å². The van der Waals surface area contributed by atoms with Crippen molar-refractivity contribution in [3.63, 3.8) is 0 Å². The third-order valence-corrected chi connectivity index (χ3v) is 2.63. The molecular formula is C15H17N3O4. The van der Waals surface area contributed by atoms with Gasteiger partial charge < -0.3 is 9.26 Å². The summed E-state index contributed by atoms with van der Waals surface area (Å²) >= 11 is 0. The number of aromatic nitrogens is 1. The van der Waals surface area contributed by atoms with Crippen LogP contribution in [-0.4, -0.2) is 23.1 Å². The Bertz CT molecular complexity index is 662. The van der Waals surface area contributed by atoms with Gasteiger partial charge in [0.25, 0.3) is 5.91 Å². The van der Waals surface area contributed by atoms with E-state index in [0.29, 0.717) is 17.0 Å². The van der Waals surface area contributed by atoms with Crippen LogP contribution in [0.3, 0.4) is 0 Å². The van der Waals surface area contributed by atoms with Gasteiger partial charge in [0.15, 0.2) is 0 Å². The Morgan fingerprint density at radius 2 is 1.77 bits per heavy atom. The topological polar surface area (TPSA) is 93.5 Å². The quantitative estimate of drug-likeness (QED) is 0.841. The standard InChI is InChI=1S/C15H17N3O4/c1-9(2)21-12-6-4-11(5-7-12)14(19)16-17-15(20)13-8-10(3)18-22-13/h4-9H,1-3H3,(H,16,19)(H,17,20). The van der Waals surface area contributed by atoms with E-state index >= 15 is 0 Å². The minimum atomic E-state index is -0.575. The lowest BCUT2D eigenvalue weighted by Gasteiger charge is -2.10. The summed E-state index contributed by atoms with van der Waals surface area (Å²) in [6.07, 6.45) is 0.0596. The van der Waals surface area contributed by atoms with E-state index in [2.05, 4.69) is 16.0 Å². The van der Waals surface area contributed by atoms with Gasteiger partial charge in [-0.15, -0.1) is 0 Å². The van der Waals surface area contributed by atoms with Gasteiger partial charge in [-0.3, -0.25) is 20.4 Å². The van der Waals surface area contributed by atoms with E-state index in [4.69, 9.17) is 9.26 Å². The molecule has 0 fully saturated rings. The minimum Gasteiger partial charge on any atom is -0.491 e. The SMILES string of the molecule is Cc1cc(C(=O)NNC(=O)c2ccc(OC(C)C)cc2)on1. The fourth-order valence-corrected chi connectivity index (χ4v) is 1.67. The second kappa shape index (κ2) is 6.75. The molecule has 0 spiro atoms. The zero-order chi connectivity index (χ0) is 16.1. The molecule has 0 saturated heterocycles. The number of rotatable bonds is 4. The number of carbonyl (C=O) groups excluding carboxylic acids is 2. The Morgan fingerprint density at radius 1 is 1.14 bits per heavy atom. The zero-order valence-electron chi connectivity index (χ0n) is 12.5.